The van der Waals surface area contributed by atoms with Gasteiger partial charge >= 0.3 is 12.1 Å². The predicted molar refractivity (Wildman–Crippen MR) is 163 cm³/mol. The Labute approximate surface area is 263 Å². The summed E-state index contributed by atoms with van der Waals surface area (Å²) < 4.78 is 28.7. The van der Waals surface area contributed by atoms with E-state index >= 15 is 0 Å². The number of hydrogen-bond acceptors (Lipinski definition) is 9. The number of amides is 2. The van der Waals surface area contributed by atoms with E-state index in [1.807, 2.05) is 33.8 Å². The van der Waals surface area contributed by atoms with Crippen molar-refractivity contribution < 1.29 is 43.2 Å². The minimum absolute atomic E-state index is 0.00378. The number of carbonyl (C=O) groups is 3. The molecule has 0 aromatic heterocycles. The molecule has 3 heterocycles. The highest BCUT2D eigenvalue weighted by atomic mass is 35.5. The molecule has 1 aromatic carbocycles. The normalized spacial score (nSPS) is 34.4. The molecule has 4 rings (SSSR count). The van der Waals surface area contributed by atoms with Crippen LogP contribution in [-0.4, -0.2) is 73.0 Å². The first-order chi connectivity index (χ1) is 20.7. The van der Waals surface area contributed by atoms with Gasteiger partial charge in [0, 0.05) is 25.9 Å². The summed E-state index contributed by atoms with van der Waals surface area (Å²) in [5, 5.41) is 17.2. The van der Waals surface area contributed by atoms with Crippen molar-refractivity contribution in [1.29, 1.82) is 0 Å². The van der Waals surface area contributed by atoms with E-state index in [2.05, 4.69) is 10.6 Å². The maximum absolute atomic E-state index is 13.5. The van der Waals surface area contributed by atoms with Crippen LogP contribution in [0, 0.1) is 11.8 Å². The fraction of sp³-hybridized carbons (Fsp3) is 0.594. The summed E-state index contributed by atoms with van der Waals surface area (Å²) in [4.78, 5) is 39.0. The number of anilines is 1. The third-order valence-electron chi connectivity index (χ3n) is 8.37. The minimum atomic E-state index is -1.77. The molecule has 7 atom stereocenters. The standard InChI is InChI=1S/C32H43ClN2O9/c1-17(2)11-27(37)43-25-15-26(36)34-21-13-20(14-22(40-6)28(21)33)12-18(3)9-8-10-24(41-7)32(39)16-23(42-30(38)35-32)19(4)29-31(25,5)44-29/h8-10,13-14,17,19,23-25,29,39H,11-12,15-16H2,1-7H3,(H,34,36)(H,35,38)/b10-8+,18-9+/t19-,23+,24-,25+,29-,31+,32+/m1/s1. The number of epoxide rings is 1. The van der Waals surface area contributed by atoms with Crippen LogP contribution >= 0.6 is 11.6 Å². The van der Waals surface area contributed by atoms with Crippen molar-refractivity contribution in [2.24, 2.45) is 11.8 Å². The summed E-state index contributed by atoms with van der Waals surface area (Å²) in [7, 11) is 2.94. The molecular formula is C32H43ClN2O9. The Bertz CT molecular complexity index is 1330. The smallest absolute Gasteiger partial charge is 0.409 e. The molecule has 3 N–H and O–H groups in total. The van der Waals surface area contributed by atoms with E-state index < -0.39 is 59.6 Å². The molecule has 11 nitrogen and oxygen atoms in total. The highest BCUT2D eigenvalue weighted by Gasteiger charge is 2.64. The number of carbonyl (C=O) groups excluding carboxylic acids is 3. The lowest BCUT2D eigenvalue weighted by atomic mass is 9.83. The third-order valence-corrected chi connectivity index (χ3v) is 8.76. The van der Waals surface area contributed by atoms with Crippen LogP contribution in [0.1, 0.15) is 59.4 Å². The van der Waals surface area contributed by atoms with Gasteiger partial charge in [-0.3, -0.25) is 14.9 Å². The summed E-state index contributed by atoms with van der Waals surface area (Å²) >= 11 is 6.58. The number of alkyl carbamates (subject to hydrolysis) is 1. The minimum Gasteiger partial charge on any atom is -0.495 e. The van der Waals surface area contributed by atoms with Crippen LogP contribution in [0.2, 0.25) is 5.02 Å². The molecule has 0 spiro atoms. The van der Waals surface area contributed by atoms with E-state index in [1.54, 1.807) is 31.2 Å². The molecule has 2 saturated heterocycles. The molecule has 2 fully saturated rings. The summed E-state index contributed by atoms with van der Waals surface area (Å²) in [6.45, 7) is 9.32. The average Bonchev–Trinajstić information content (AvgIpc) is 3.62. The summed E-state index contributed by atoms with van der Waals surface area (Å²) in [6, 6.07) is 3.57. The molecule has 0 saturated carbocycles. The Morgan fingerprint density at radius 3 is 2.64 bits per heavy atom. The van der Waals surface area contributed by atoms with Gasteiger partial charge in [-0.05, 0) is 43.9 Å². The van der Waals surface area contributed by atoms with E-state index in [1.165, 1.54) is 14.2 Å². The lowest BCUT2D eigenvalue weighted by Gasteiger charge is -2.42. The number of rotatable bonds is 5. The second kappa shape index (κ2) is 13.5. The maximum atomic E-state index is 13.5. The second-order valence-electron chi connectivity index (χ2n) is 12.5. The van der Waals surface area contributed by atoms with Crippen LogP contribution in [0.15, 0.2) is 35.9 Å². The summed E-state index contributed by atoms with van der Waals surface area (Å²) in [5.74, 6) is -0.892. The van der Waals surface area contributed by atoms with Gasteiger partial charge in [0.2, 0.25) is 5.91 Å². The van der Waals surface area contributed by atoms with Crippen molar-refractivity contribution in [2.75, 3.05) is 19.5 Å². The van der Waals surface area contributed by atoms with Crippen molar-refractivity contribution in [2.45, 2.75) is 96.0 Å². The zero-order chi connectivity index (χ0) is 32.4. The molecule has 0 radical (unpaired) electrons. The molecule has 4 bridgehead atoms. The largest absolute Gasteiger partial charge is 0.495 e. The van der Waals surface area contributed by atoms with Crippen molar-refractivity contribution >= 4 is 35.3 Å². The van der Waals surface area contributed by atoms with E-state index in [-0.39, 0.29) is 30.2 Å². The number of benzene rings is 1. The predicted octanol–water partition coefficient (Wildman–Crippen LogP) is 4.69. The Morgan fingerprint density at radius 1 is 1.25 bits per heavy atom. The fourth-order valence-corrected chi connectivity index (χ4v) is 6.18. The van der Waals surface area contributed by atoms with Crippen LogP contribution < -0.4 is 15.4 Å². The SMILES string of the molecule is COc1cc2cc(c1Cl)NC(=O)C[C@H](OC(=O)CC(C)C)[C@]1(C)O[C@@H]1[C@H](C)[C@@H]1C[C@@](O)(NC(=O)O1)[C@H](OC)/C=C/C=C(\C)C2. The van der Waals surface area contributed by atoms with E-state index in [4.69, 9.17) is 35.3 Å². The number of ether oxygens (including phenoxy) is 5. The Hall–Kier alpha value is -3.12. The number of nitrogens with one attached hydrogen (secondary N) is 2. The van der Waals surface area contributed by atoms with Gasteiger partial charge < -0.3 is 34.1 Å². The quantitative estimate of drug-likeness (QED) is 0.310. The molecule has 1 aromatic rings. The lowest BCUT2D eigenvalue weighted by Crippen LogP contribution is -2.63. The fourth-order valence-electron chi connectivity index (χ4n) is 5.95. The van der Waals surface area contributed by atoms with Crippen molar-refractivity contribution in [3.63, 3.8) is 0 Å². The Kier molecular flexibility index (Phi) is 10.3. The molecule has 2 amide bonds. The van der Waals surface area contributed by atoms with E-state index in [0.29, 0.717) is 17.9 Å². The van der Waals surface area contributed by atoms with Crippen molar-refractivity contribution in [3.8, 4) is 5.75 Å². The number of fused-ring (bicyclic) bond motifs is 5. The lowest BCUT2D eigenvalue weighted by molar-refractivity contribution is -0.154. The van der Waals surface area contributed by atoms with Gasteiger partial charge in [0.05, 0.1) is 25.3 Å². The summed E-state index contributed by atoms with van der Waals surface area (Å²) in [6.07, 6.45) is 1.78. The first kappa shape index (κ1) is 33.8. The van der Waals surface area contributed by atoms with Gasteiger partial charge in [0.1, 0.15) is 34.7 Å². The van der Waals surface area contributed by atoms with Crippen molar-refractivity contribution in [1.82, 2.24) is 5.32 Å². The molecule has 242 valence electrons. The van der Waals surface area contributed by atoms with Gasteiger partial charge in [-0.15, -0.1) is 0 Å². The number of hydrogen-bond donors (Lipinski definition) is 3. The molecular weight excluding hydrogens is 592 g/mol. The number of esters is 1. The Morgan fingerprint density at radius 2 is 1.98 bits per heavy atom. The van der Waals surface area contributed by atoms with Gasteiger partial charge in [-0.25, -0.2) is 4.79 Å². The number of methoxy groups -OCH3 is 2. The van der Waals surface area contributed by atoms with Gasteiger partial charge in [-0.1, -0.05) is 56.2 Å². The third kappa shape index (κ3) is 7.56. The molecule has 0 aliphatic carbocycles. The van der Waals surface area contributed by atoms with Gasteiger partial charge in [0.15, 0.2) is 5.72 Å². The highest BCUT2D eigenvalue weighted by Crippen LogP contribution is 2.49. The van der Waals surface area contributed by atoms with Crippen molar-refractivity contribution in [3.05, 3.63) is 46.5 Å². The molecule has 44 heavy (non-hydrogen) atoms. The zero-order valence-corrected chi connectivity index (χ0v) is 27.0. The van der Waals surface area contributed by atoms with Crippen LogP contribution in [0.3, 0.4) is 0 Å². The average molecular weight is 635 g/mol. The summed E-state index contributed by atoms with van der Waals surface area (Å²) in [5.41, 5.74) is -0.689. The van der Waals surface area contributed by atoms with Crippen LogP contribution in [-0.2, 0) is 35.0 Å². The van der Waals surface area contributed by atoms with Crippen LogP contribution in [0.25, 0.3) is 0 Å². The number of halogens is 1. The molecule has 0 unspecified atom stereocenters. The Balaban J connectivity index is 1.75. The van der Waals surface area contributed by atoms with Gasteiger partial charge in [0.25, 0.3) is 0 Å². The van der Waals surface area contributed by atoms with Crippen LogP contribution in [0.5, 0.6) is 5.75 Å². The molecule has 12 heteroatoms. The van der Waals surface area contributed by atoms with Crippen LogP contribution in [0.4, 0.5) is 10.5 Å². The van der Waals surface area contributed by atoms with E-state index in [0.717, 1.165) is 11.1 Å². The zero-order valence-electron chi connectivity index (χ0n) is 26.3. The molecule has 3 aliphatic rings. The topological polar surface area (TPSA) is 145 Å². The molecule has 3 aliphatic heterocycles. The first-order valence-electron chi connectivity index (χ1n) is 14.8. The van der Waals surface area contributed by atoms with E-state index in [9.17, 15) is 19.5 Å². The first-order valence-corrected chi connectivity index (χ1v) is 15.2. The maximum Gasteiger partial charge on any atom is 0.409 e. The number of allylic oxidation sites excluding steroid dienone is 3. The second-order valence-corrected chi connectivity index (χ2v) is 12.9. The van der Waals surface area contributed by atoms with Gasteiger partial charge in [-0.2, -0.15) is 0 Å². The number of aliphatic hydroxyl groups is 1. The highest BCUT2D eigenvalue weighted by molar-refractivity contribution is 6.35. The monoisotopic (exact) mass is 634 g/mol.